The molecule has 3 rings (SSSR count). The average Bonchev–Trinajstić information content (AvgIpc) is 2.97. The third kappa shape index (κ3) is 8.29. The summed E-state index contributed by atoms with van der Waals surface area (Å²) in [5, 5.41) is 2.57. The Bertz CT molecular complexity index is 1090. The molecular weight excluding hydrogens is 510 g/mol. The molecule has 1 aliphatic heterocycles. The smallest absolute Gasteiger partial charge is 0.338 e. The van der Waals surface area contributed by atoms with E-state index in [1.807, 2.05) is 41.3 Å². The van der Waals surface area contributed by atoms with Crippen LogP contribution in [0.25, 0.3) is 11.1 Å². The number of rotatable bonds is 13. The Morgan fingerprint density at radius 3 is 2.02 bits per heavy atom. The van der Waals surface area contributed by atoms with Crippen LogP contribution in [0.15, 0.2) is 36.4 Å². The van der Waals surface area contributed by atoms with Crippen LogP contribution in [0.5, 0.6) is 17.2 Å². The summed E-state index contributed by atoms with van der Waals surface area (Å²) in [6.45, 7) is 6.09. The van der Waals surface area contributed by atoms with Gasteiger partial charge in [-0.25, -0.2) is 14.1 Å². The van der Waals surface area contributed by atoms with Crippen LogP contribution in [0.3, 0.4) is 0 Å². The van der Waals surface area contributed by atoms with Gasteiger partial charge in [0, 0.05) is 13.0 Å². The normalized spacial score (nSPS) is 16.5. The number of ether oxygens (including phenoxy) is 3. The quantitative estimate of drug-likeness (QED) is 0.172. The lowest BCUT2D eigenvalue weighted by Crippen LogP contribution is -2.67. The van der Waals surface area contributed by atoms with Crippen molar-refractivity contribution in [2.75, 3.05) is 55.1 Å². The summed E-state index contributed by atoms with van der Waals surface area (Å²) < 4.78 is 16.2. The molecule has 1 N–H and O–H groups in total. The highest BCUT2D eigenvalue weighted by Gasteiger charge is 2.48. The maximum atomic E-state index is 13.2. The van der Waals surface area contributed by atoms with Crippen LogP contribution in [0.4, 0.5) is 0 Å². The van der Waals surface area contributed by atoms with Gasteiger partial charge in [-0.15, -0.1) is 0 Å². The predicted molar refractivity (Wildman–Crippen MR) is 157 cm³/mol. The standard InChI is InChI=1S/C26H35N2O5.C5H11NO/c1-7-8-13-27-17-24(29)28(2,3)26(30)21(27)14-18-9-11-19(12-10-18)20-15-22(31-4)25(33-6)23(16-20)32-5;1-2-3-4-6-5-7/h9-12,15-16,21H,7-8,13-14,17H2,1-6H3;5H,2-4H2,1H3,(H,6,7)/q+1;. The van der Waals surface area contributed by atoms with Gasteiger partial charge in [-0.05, 0) is 48.2 Å². The number of hydrogen-bond donors (Lipinski definition) is 1. The van der Waals surface area contributed by atoms with Crippen LogP contribution in [0.2, 0.25) is 0 Å². The summed E-state index contributed by atoms with van der Waals surface area (Å²) in [5.74, 6) is 1.65. The summed E-state index contributed by atoms with van der Waals surface area (Å²) >= 11 is 0. The van der Waals surface area contributed by atoms with Gasteiger partial charge in [-0.3, -0.25) is 9.69 Å². The number of hydrogen-bond acceptors (Lipinski definition) is 7. The topological polar surface area (TPSA) is 94.2 Å². The SMILES string of the molecule is CCCCN1CC(=O)[N+](C)(C)C(=O)C1Cc1ccc(-c2cc(OC)c(OC)c(OC)c2)cc1.CCCCNC=O. The number of nitrogens with zero attached hydrogens (tertiary/aromatic N) is 2. The van der Waals surface area contributed by atoms with E-state index in [-0.39, 0.29) is 22.3 Å². The van der Waals surface area contributed by atoms with Gasteiger partial charge in [0.15, 0.2) is 11.5 Å². The van der Waals surface area contributed by atoms with Gasteiger partial charge in [0.2, 0.25) is 12.2 Å². The van der Waals surface area contributed by atoms with Crippen LogP contribution in [0, 0.1) is 0 Å². The maximum absolute atomic E-state index is 13.2. The van der Waals surface area contributed by atoms with E-state index in [0.717, 1.165) is 61.9 Å². The molecule has 9 nitrogen and oxygen atoms in total. The molecule has 9 heteroatoms. The van der Waals surface area contributed by atoms with Crippen LogP contribution in [-0.2, 0) is 20.8 Å². The Morgan fingerprint density at radius 1 is 0.925 bits per heavy atom. The number of nitrogens with one attached hydrogen (secondary N) is 1. The molecule has 1 saturated heterocycles. The highest BCUT2D eigenvalue weighted by atomic mass is 16.5. The third-order valence-corrected chi connectivity index (χ3v) is 7.18. The van der Waals surface area contributed by atoms with E-state index in [2.05, 4.69) is 19.2 Å². The molecule has 1 unspecified atom stereocenters. The lowest BCUT2D eigenvalue weighted by molar-refractivity contribution is -0.740. The Morgan fingerprint density at radius 2 is 1.52 bits per heavy atom. The second-order valence-corrected chi connectivity index (χ2v) is 10.3. The monoisotopic (exact) mass is 556 g/mol. The van der Waals surface area contributed by atoms with E-state index in [4.69, 9.17) is 14.2 Å². The Kier molecular flexibility index (Phi) is 13.1. The molecule has 0 bridgehead atoms. The van der Waals surface area contributed by atoms with Gasteiger partial charge in [0.1, 0.15) is 12.6 Å². The van der Waals surface area contributed by atoms with Crippen molar-refractivity contribution in [2.45, 2.75) is 52.0 Å². The van der Waals surface area contributed by atoms with Crippen molar-refractivity contribution in [1.82, 2.24) is 10.2 Å². The first-order valence-corrected chi connectivity index (χ1v) is 13.9. The zero-order chi connectivity index (χ0) is 29.7. The zero-order valence-corrected chi connectivity index (χ0v) is 25.1. The molecule has 1 fully saturated rings. The number of quaternary nitrogens is 1. The van der Waals surface area contributed by atoms with Gasteiger partial charge < -0.3 is 19.5 Å². The number of amides is 3. The summed E-state index contributed by atoms with van der Waals surface area (Å²) in [6, 6.07) is 11.7. The van der Waals surface area contributed by atoms with Crippen molar-refractivity contribution >= 4 is 18.2 Å². The number of unbranched alkanes of at least 4 members (excludes halogenated alkanes) is 2. The number of piperazine rings is 1. The number of imide groups is 1. The predicted octanol–water partition coefficient (Wildman–Crippen LogP) is 4.07. The van der Waals surface area contributed by atoms with Crippen molar-refractivity contribution < 1.29 is 33.1 Å². The molecule has 220 valence electrons. The molecule has 40 heavy (non-hydrogen) atoms. The summed E-state index contributed by atoms with van der Waals surface area (Å²) in [7, 11) is 8.17. The van der Waals surface area contributed by atoms with Crippen molar-refractivity contribution in [2.24, 2.45) is 0 Å². The van der Waals surface area contributed by atoms with Crippen LogP contribution >= 0.6 is 0 Å². The van der Waals surface area contributed by atoms with Crippen LogP contribution in [-0.4, -0.2) is 88.7 Å². The Labute approximate surface area is 239 Å². The van der Waals surface area contributed by atoms with E-state index in [1.165, 1.54) is 0 Å². The molecule has 1 atom stereocenters. The summed E-state index contributed by atoms with van der Waals surface area (Å²) in [4.78, 5) is 37.3. The number of methoxy groups -OCH3 is 3. The molecule has 0 spiro atoms. The minimum atomic E-state index is -0.309. The molecule has 0 saturated carbocycles. The molecule has 0 aliphatic carbocycles. The van der Waals surface area contributed by atoms with Crippen molar-refractivity contribution in [1.29, 1.82) is 0 Å². The second kappa shape index (κ2) is 16.0. The molecule has 1 heterocycles. The van der Waals surface area contributed by atoms with Crippen LogP contribution < -0.4 is 19.5 Å². The fourth-order valence-electron chi connectivity index (χ4n) is 4.57. The number of carbonyl (C=O) groups is 3. The molecule has 2 aromatic carbocycles. The first kappa shape index (κ1) is 32.8. The minimum Gasteiger partial charge on any atom is -0.493 e. The van der Waals surface area contributed by atoms with Crippen LogP contribution in [0.1, 0.15) is 45.1 Å². The molecular formula is C31H46N3O6+. The number of carbonyl (C=O) groups excluding carboxylic acids is 3. The third-order valence-electron chi connectivity index (χ3n) is 7.18. The second-order valence-electron chi connectivity index (χ2n) is 10.3. The lowest BCUT2D eigenvalue weighted by Gasteiger charge is -2.40. The number of likely N-dealkylation sites (N-methyl/N-ethyl adjacent to an activating group) is 1. The molecule has 0 radical (unpaired) electrons. The summed E-state index contributed by atoms with van der Waals surface area (Å²) in [5.41, 5.74) is 3.00. The zero-order valence-electron chi connectivity index (χ0n) is 25.1. The first-order valence-electron chi connectivity index (χ1n) is 13.9. The molecule has 3 amide bonds. The maximum Gasteiger partial charge on any atom is 0.338 e. The van der Waals surface area contributed by atoms with E-state index < -0.39 is 0 Å². The largest absolute Gasteiger partial charge is 0.493 e. The Balaban J connectivity index is 0.000000708. The van der Waals surface area contributed by atoms with Gasteiger partial charge in [-0.2, -0.15) is 0 Å². The lowest BCUT2D eigenvalue weighted by atomic mass is 9.97. The highest BCUT2D eigenvalue weighted by Crippen LogP contribution is 2.41. The van der Waals surface area contributed by atoms with Gasteiger partial charge in [-0.1, -0.05) is 51.0 Å². The highest BCUT2D eigenvalue weighted by molar-refractivity contribution is 5.91. The van der Waals surface area contributed by atoms with E-state index in [9.17, 15) is 14.4 Å². The average molecular weight is 557 g/mol. The van der Waals surface area contributed by atoms with Gasteiger partial charge in [0.05, 0.1) is 35.4 Å². The van der Waals surface area contributed by atoms with E-state index >= 15 is 0 Å². The first-order chi connectivity index (χ1) is 19.2. The van der Waals surface area contributed by atoms with Gasteiger partial charge >= 0.3 is 11.8 Å². The van der Waals surface area contributed by atoms with Crippen molar-refractivity contribution in [3.05, 3.63) is 42.0 Å². The van der Waals surface area contributed by atoms with E-state index in [1.54, 1.807) is 35.4 Å². The van der Waals surface area contributed by atoms with E-state index in [0.29, 0.717) is 30.2 Å². The fraction of sp³-hybridized carbons (Fsp3) is 0.516. The van der Waals surface area contributed by atoms with Crippen molar-refractivity contribution in [3.8, 4) is 28.4 Å². The van der Waals surface area contributed by atoms with Gasteiger partial charge in [0.25, 0.3) is 0 Å². The van der Waals surface area contributed by atoms with Crippen molar-refractivity contribution in [3.63, 3.8) is 0 Å². The molecule has 2 aromatic rings. The molecule has 1 aliphatic rings. The summed E-state index contributed by atoms with van der Waals surface area (Å²) in [6.07, 6.45) is 5.51. The minimum absolute atomic E-state index is 0.0453. The fourth-order valence-corrected chi connectivity index (χ4v) is 4.57. The Hall–Kier alpha value is -3.43. The number of benzene rings is 2. The molecule has 0 aromatic heterocycles.